The summed E-state index contributed by atoms with van der Waals surface area (Å²) in [6.07, 6.45) is -8.36. The van der Waals surface area contributed by atoms with Crippen LogP contribution in [0.15, 0.2) is 18.2 Å². The van der Waals surface area contributed by atoms with Gasteiger partial charge in [-0.25, -0.2) is 4.79 Å². The normalized spacial score (nSPS) is 25.2. The van der Waals surface area contributed by atoms with Gasteiger partial charge in [0, 0.05) is 17.2 Å². The minimum absolute atomic E-state index is 0. The number of carbonyl (C=O) groups excluding carboxylic acids is 2. The molecule has 1 aliphatic rings. The molecule has 0 saturated carbocycles. The van der Waals surface area contributed by atoms with Gasteiger partial charge in [-0.2, -0.15) is 0 Å². The van der Waals surface area contributed by atoms with Gasteiger partial charge in [0.1, 0.15) is 31.0 Å². The maximum Gasteiger partial charge on any atom is 0.414 e. The van der Waals surface area contributed by atoms with Crippen LogP contribution in [-0.4, -0.2) is 77.7 Å². The van der Waals surface area contributed by atoms with Crippen LogP contribution in [0.1, 0.15) is 5.56 Å². The molecule has 0 unspecified atom stereocenters. The van der Waals surface area contributed by atoms with Crippen molar-refractivity contribution in [2.45, 2.75) is 37.1 Å². The summed E-state index contributed by atoms with van der Waals surface area (Å²) in [4.78, 5) is 23.8. The van der Waals surface area contributed by atoms with Crippen molar-refractivity contribution in [3.05, 3.63) is 33.8 Å². The molecule has 1 aliphatic heterocycles. The van der Waals surface area contributed by atoms with Crippen LogP contribution in [0.25, 0.3) is 0 Å². The minimum Gasteiger partial charge on any atom is -0.446 e. The SMILES string of the molecule is CO[C@H]1O[C@H](COC(=O)NC(=N)NC(=O)Cc2c(Cl)cccc2Cl)[C@H](O)[C@H](O)[C@H]1O.Cl. The number of hydrogen-bond donors (Lipinski definition) is 6. The molecular formula is C17H22Cl3N3O8. The Morgan fingerprint density at radius 1 is 1.13 bits per heavy atom. The van der Waals surface area contributed by atoms with E-state index in [0.717, 1.165) is 0 Å². The van der Waals surface area contributed by atoms with E-state index in [1.54, 1.807) is 18.2 Å². The van der Waals surface area contributed by atoms with Crippen LogP contribution in [0.4, 0.5) is 4.79 Å². The Morgan fingerprint density at radius 2 is 1.74 bits per heavy atom. The molecule has 31 heavy (non-hydrogen) atoms. The third-order valence-electron chi connectivity index (χ3n) is 4.17. The molecular weight excluding hydrogens is 481 g/mol. The molecule has 0 aliphatic carbocycles. The number of methoxy groups -OCH3 is 1. The highest BCUT2D eigenvalue weighted by Crippen LogP contribution is 2.24. The summed E-state index contributed by atoms with van der Waals surface area (Å²) in [5.41, 5.74) is 0.366. The van der Waals surface area contributed by atoms with Gasteiger partial charge in [0.05, 0.1) is 6.42 Å². The number of rotatable bonds is 5. The number of aliphatic hydroxyl groups excluding tert-OH is 3. The number of amides is 2. The Bertz CT molecular complexity index is 778. The number of aliphatic hydroxyl groups is 3. The first kappa shape index (κ1) is 27.3. The van der Waals surface area contributed by atoms with Crippen molar-refractivity contribution >= 4 is 53.6 Å². The number of alkyl carbamates (subject to hydrolysis) is 1. The van der Waals surface area contributed by atoms with E-state index in [-0.39, 0.29) is 28.9 Å². The van der Waals surface area contributed by atoms with Crippen LogP contribution in [0.5, 0.6) is 0 Å². The van der Waals surface area contributed by atoms with Crippen LogP contribution < -0.4 is 10.6 Å². The Balaban J connectivity index is 0.00000480. The zero-order valence-electron chi connectivity index (χ0n) is 16.1. The standard InChI is InChI=1S/C17H21Cl2N3O8.ClH/c1-28-15-14(26)13(25)12(24)10(30-15)6-29-17(27)22-16(20)21-11(23)5-7-8(18)3-2-4-9(7)19;/h2-4,10,12-15,24-26H,5-6H2,1H3,(H3,20,21,22,23,27);1H/t10-,12+,13+,14-,15+;/m1./s1. The van der Waals surface area contributed by atoms with Crippen molar-refractivity contribution < 1.29 is 39.1 Å². The number of nitrogens with one attached hydrogen (secondary N) is 3. The Labute approximate surface area is 193 Å². The molecule has 2 amide bonds. The van der Waals surface area contributed by atoms with Gasteiger partial charge < -0.3 is 29.5 Å². The van der Waals surface area contributed by atoms with Crippen LogP contribution >= 0.6 is 35.6 Å². The first-order valence-corrected chi connectivity index (χ1v) is 9.37. The molecule has 14 heteroatoms. The van der Waals surface area contributed by atoms with E-state index in [9.17, 15) is 24.9 Å². The number of guanidine groups is 1. The summed E-state index contributed by atoms with van der Waals surface area (Å²) in [5, 5.41) is 41.6. The van der Waals surface area contributed by atoms with E-state index in [2.05, 4.69) is 5.32 Å². The van der Waals surface area contributed by atoms with E-state index >= 15 is 0 Å². The van der Waals surface area contributed by atoms with Gasteiger partial charge in [-0.3, -0.25) is 20.8 Å². The molecule has 1 aromatic carbocycles. The lowest BCUT2D eigenvalue weighted by molar-refractivity contribution is -0.294. The first-order chi connectivity index (χ1) is 14.1. The summed E-state index contributed by atoms with van der Waals surface area (Å²) >= 11 is 12.0. The molecule has 1 saturated heterocycles. The van der Waals surface area contributed by atoms with Crippen molar-refractivity contribution in [2.75, 3.05) is 13.7 Å². The third-order valence-corrected chi connectivity index (χ3v) is 4.88. The fraction of sp³-hybridized carbons (Fsp3) is 0.471. The lowest BCUT2D eigenvalue weighted by Crippen LogP contribution is -2.59. The molecule has 0 spiro atoms. The largest absolute Gasteiger partial charge is 0.446 e. The van der Waals surface area contributed by atoms with E-state index in [0.29, 0.717) is 5.56 Å². The van der Waals surface area contributed by atoms with Gasteiger partial charge in [-0.1, -0.05) is 29.3 Å². The first-order valence-electron chi connectivity index (χ1n) is 8.61. The van der Waals surface area contributed by atoms with Crippen LogP contribution in [0, 0.1) is 5.41 Å². The van der Waals surface area contributed by atoms with Crippen molar-refractivity contribution in [2.24, 2.45) is 0 Å². The van der Waals surface area contributed by atoms with Crippen LogP contribution in [0.3, 0.4) is 0 Å². The van der Waals surface area contributed by atoms with Crippen molar-refractivity contribution in [3.8, 4) is 0 Å². The number of ether oxygens (including phenoxy) is 3. The molecule has 0 bridgehead atoms. The average molecular weight is 503 g/mol. The van der Waals surface area contributed by atoms with Crippen molar-refractivity contribution in [1.29, 1.82) is 5.41 Å². The zero-order chi connectivity index (χ0) is 22.4. The van der Waals surface area contributed by atoms with Crippen LogP contribution in [-0.2, 0) is 25.4 Å². The maximum absolute atomic E-state index is 12.0. The minimum atomic E-state index is -1.57. The number of hydrogen-bond acceptors (Lipinski definition) is 9. The second kappa shape index (κ2) is 12.4. The molecule has 1 fully saturated rings. The van der Waals surface area contributed by atoms with E-state index in [1.807, 2.05) is 5.32 Å². The van der Waals surface area contributed by atoms with E-state index in [1.165, 1.54) is 7.11 Å². The highest BCUT2D eigenvalue weighted by atomic mass is 35.5. The average Bonchev–Trinajstić information content (AvgIpc) is 2.68. The summed E-state index contributed by atoms with van der Waals surface area (Å²) in [6.45, 7) is -0.521. The van der Waals surface area contributed by atoms with Crippen molar-refractivity contribution in [3.63, 3.8) is 0 Å². The van der Waals surface area contributed by atoms with E-state index in [4.69, 9.17) is 42.8 Å². The van der Waals surface area contributed by atoms with Gasteiger partial charge in [0.15, 0.2) is 6.29 Å². The topological polar surface area (TPSA) is 170 Å². The summed E-state index contributed by atoms with van der Waals surface area (Å²) in [7, 11) is 1.22. The fourth-order valence-electron chi connectivity index (χ4n) is 2.62. The number of carbonyl (C=O) groups is 2. The predicted molar refractivity (Wildman–Crippen MR) is 111 cm³/mol. The Morgan fingerprint density at radius 3 is 2.32 bits per heavy atom. The lowest BCUT2D eigenvalue weighted by Gasteiger charge is -2.39. The molecule has 11 nitrogen and oxygen atoms in total. The molecule has 1 heterocycles. The second-order valence-electron chi connectivity index (χ2n) is 6.27. The third kappa shape index (κ3) is 7.44. The quantitative estimate of drug-likeness (QED) is 0.245. The summed E-state index contributed by atoms with van der Waals surface area (Å²) in [6, 6.07) is 4.73. The van der Waals surface area contributed by atoms with Gasteiger partial charge >= 0.3 is 6.09 Å². The zero-order valence-corrected chi connectivity index (χ0v) is 18.4. The molecule has 0 radical (unpaired) electrons. The van der Waals surface area contributed by atoms with E-state index < -0.39 is 55.3 Å². The molecule has 5 atom stereocenters. The Hall–Kier alpha value is -1.70. The van der Waals surface area contributed by atoms with Gasteiger partial charge in [-0.15, -0.1) is 12.4 Å². The van der Waals surface area contributed by atoms with Gasteiger partial charge in [0.2, 0.25) is 11.9 Å². The second-order valence-corrected chi connectivity index (χ2v) is 7.09. The number of halogens is 3. The summed E-state index contributed by atoms with van der Waals surface area (Å²) < 4.78 is 14.9. The number of benzene rings is 1. The van der Waals surface area contributed by atoms with Gasteiger partial charge in [-0.05, 0) is 17.7 Å². The maximum atomic E-state index is 12.0. The monoisotopic (exact) mass is 501 g/mol. The van der Waals surface area contributed by atoms with Crippen molar-refractivity contribution in [1.82, 2.24) is 10.6 Å². The van der Waals surface area contributed by atoms with Crippen LogP contribution in [0.2, 0.25) is 10.0 Å². The molecule has 6 N–H and O–H groups in total. The smallest absolute Gasteiger partial charge is 0.414 e. The molecule has 174 valence electrons. The molecule has 1 aromatic rings. The van der Waals surface area contributed by atoms with Gasteiger partial charge in [0.25, 0.3) is 0 Å². The molecule has 2 rings (SSSR count). The Kier molecular flexibility index (Phi) is 10.9. The highest BCUT2D eigenvalue weighted by molar-refractivity contribution is 6.36. The molecule has 0 aromatic heterocycles. The highest BCUT2D eigenvalue weighted by Gasteiger charge is 2.44. The fourth-order valence-corrected chi connectivity index (χ4v) is 3.15. The lowest BCUT2D eigenvalue weighted by atomic mass is 9.99. The summed E-state index contributed by atoms with van der Waals surface area (Å²) in [5.74, 6) is -1.31. The predicted octanol–water partition coefficient (Wildman–Crippen LogP) is 0.189.